The third kappa shape index (κ3) is 5.39. The molecule has 1 aliphatic rings. The zero-order chi connectivity index (χ0) is 16.1. The topological polar surface area (TPSA) is 61.8 Å². The zero-order valence-corrected chi connectivity index (χ0v) is 13.7. The average molecular weight is 327 g/mol. The molecule has 2 N–H and O–H groups in total. The van der Waals surface area contributed by atoms with E-state index in [0.29, 0.717) is 29.8 Å². The van der Waals surface area contributed by atoms with Gasteiger partial charge in [0, 0.05) is 18.6 Å². The van der Waals surface area contributed by atoms with Crippen LogP contribution in [0, 0.1) is 5.92 Å². The lowest BCUT2D eigenvalue weighted by molar-refractivity contribution is 0.112. The molecule has 0 spiro atoms. The van der Waals surface area contributed by atoms with E-state index < -0.39 is 6.10 Å². The van der Waals surface area contributed by atoms with Crippen LogP contribution in [0.1, 0.15) is 19.8 Å². The number of benzene rings is 1. The smallest absolute Gasteiger partial charge is 0.317 e. The third-order valence-electron chi connectivity index (χ3n) is 3.65. The van der Waals surface area contributed by atoms with Crippen molar-refractivity contribution in [3.63, 3.8) is 0 Å². The minimum Gasteiger partial charge on any atom is -0.489 e. The van der Waals surface area contributed by atoms with Gasteiger partial charge in [0.25, 0.3) is 0 Å². The Kier molecular flexibility index (Phi) is 5.91. The highest BCUT2D eigenvalue weighted by Gasteiger charge is 2.31. The molecule has 0 aromatic heterocycles. The molecule has 1 fully saturated rings. The Bertz CT molecular complexity index is 508. The Morgan fingerprint density at radius 3 is 2.91 bits per heavy atom. The summed E-state index contributed by atoms with van der Waals surface area (Å²) < 4.78 is 5.69. The van der Waals surface area contributed by atoms with Gasteiger partial charge in [-0.2, -0.15) is 0 Å². The number of nitrogens with one attached hydrogen (secondary N) is 1. The van der Waals surface area contributed by atoms with Crippen LogP contribution in [-0.2, 0) is 0 Å². The van der Waals surface area contributed by atoms with E-state index in [9.17, 15) is 9.90 Å². The SMILES string of the molecule is CC(CNC(=O)N(C)CC(O)C1CC1)Oc1cccc(Cl)c1. The molecule has 22 heavy (non-hydrogen) atoms. The molecule has 0 bridgehead atoms. The van der Waals surface area contributed by atoms with Crippen molar-refractivity contribution in [1.29, 1.82) is 0 Å². The van der Waals surface area contributed by atoms with E-state index in [2.05, 4.69) is 5.32 Å². The average Bonchev–Trinajstić information content (AvgIpc) is 3.29. The third-order valence-corrected chi connectivity index (χ3v) is 3.88. The second-order valence-corrected chi connectivity index (χ2v) is 6.29. The molecule has 1 saturated carbocycles. The molecule has 1 aromatic carbocycles. The molecule has 5 nitrogen and oxygen atoms in total. The summed E-state index contributed by atoms with van der Waals surface area (Å²) in [6.07, 6.45) is 1.52. The molecule has 0 radical (unpaired) electrons. The Morgan fingerprint density at radius 2 is 2.27 bits per heavy atom. The Labute approximate surface area is 136 Å². The molecule has 0 aliphatic heterocycles. The lowest BCUT2D eigenvalue weighted by Crippen LogP contribution is -2.44. The predicted octanol–water partition coefficient (Wildman–Crippen LogP) is 2.52. The molecule has 1 aromatic rings. The number of aliphatic hydroxyl groups excluding tert-OH is 1. The first kappa shape index (κ1) is 16.9. The van der Waals surface area contributed by atoms with Gasteiger partial charge >= 0.3 is 6.03 Å². The molecule has 2 amide bonds. The van der Waals surface area contributed by atoms with Gasteiger partial charge in [-0.15, -0.1) is 0 Å². The lowest BCUT2D eigenvalue weighted by Gasteiger charge is -2.22. The highest BCUT2D eigenvalue weighted by atomic mass is 35.5. The number of amides is 2. The van der Waals surface area contributed by atoms with Crippen molar-refractivity contribution in [3.8, 4) is 5.75 Å². The number of hydrogen-bond donors (Lipinski definition) is 2. The number of halogens is 1. The van der Waals surface area contributed by atoms with E-state index in [1.54, 1.807) is 19.2 Å². The van der Waals surface area contributed by atoms with Crippen LogP contribution >= 0.6 is 11.6 Å². The minimum absolute atomic E-state index is 0.177. The van der Waals surface area contributed by atoms with E-state index in [0.717, 1.165) is 12.8 Å². The molecule has 2 rings (SSSR count). The Balaban J connectivity index is 1.70. The van der Waals surface area contributed by atoms with Crippen LogP contribution in [0.3, 0.4) is 0 Å². The standard InChI is InChI=1S/C16H23ClN2O3/c1-11(22-14-5-3-4-13(17)8-14)9-18-16(21)19(2)10-15(20)12-6-7-12/h3-5,8,11-12,15,20H,6-7,9-10H2,1-2H3,(H,18,21). The molecule has 122 valence electrons. The Hall–Kier alpha value is -1.46. The molecule has 6 heteroatoms. The van der Waals surface area contributed by atoms with Crippen LogP contribution in [0.15, 0.2) is 24.3 Å². The monoisotopic (exact) mass is 326 g/mol. The molecule has 0 heterocycles. The fourth-order valence-corrected chi connectivity index (χ4v) is 2.35. The summed E-state index contributed by atoms with van der Waals surface area (Å²) in [6, 6.07) is 6.94. The van der Waals surface area contributed by atoms with E-state index in [-0.39, 0.29) is 12.1 Å². The fraction of sp³-hybridized carbons (Fsp3) is 0.562. The van der Waals surface area contributed by atoms with E-state index in [1.165, 1.54) is 4.90 Å². The van der Waals surface area contributed by atoms with E-state index in [1.807, 2.05) is 19.1 Å². The van der Waals surface area contributed by atoms with Crippen molar-refractivity contribution in [3.05, 3.63) is 29.3 Å². The Morgan fingerprint density at radius 1 is 1.55 bits per heavy atom. The van der Waals surface area contributed by atoms with Gasteiger partial charge in [-0.05, 0) is 43.9 Å². The van der Waals surface area contributed by atoms with Gasteiger partial charge < -0.3 is 20.1 Å². The number of urea groups is 1. The number of likely N-dealkylation sites (N-methyl/N-ethyl adjacent to an activating group) is 1. The number of rotatable bonds is 7. The van der Waals surface area contributed by atoms with Gasteiger partial charge in [0.15, 0.2) is 0 Å². The molecular formula is C16H23ClN2O3. The maximum absolute atomic E-state index is 12.0. The number of carbonyl (C=O) groups excluding carboxylic acids is 1. The normalized spacial score (nSPS) is 16.7. The summed E-state index contributed by atoms with van der Waals surface area (Å²) in [5.41, 5.74) is 0. The number of hydrogen-bond acceptors (Lipinski definition) is 3. The summed E-state index contributed by atoms with van der Waals surface area (Å²) in [7, 11) is 1.68. The highest BCUT2D eigenvalue weighted by molar-refractivity contribution is 6.30. The largest absolute Gasteiger partial charge is 0.489 e. The maximum atomic E-state index is 12.0. The fourth-order valence-electron chi connectivity index (χ4n) is 2.17. The summed E-state index contributed by atoms with van der Waals surface area (Å²) in [5.74, 6) is 1.03. The summed E-state index contributed by atoms with van der Waals surface area (Å²) in [5, 5.41) is 13.3. The van der Waals surface area contributed by atoms with Crippen LogP contribution in [0.4, 0.5) is 4.79 Å². The molecular weight excluding hydrogens is 304 g/mol. The van der Waals surface area contributed by atoms with Crippen molar-refractivity contribution in [1.82, 2.24) is 10.2 Å². The summed E-state index contributed by atoms with van der Waals surface area (Å²) in [4.78, 5) is 13.5. The van der Waals surface area contributed by atoms with Crippen molar-refractivity contribution >= 4 is 17.6 Å². The molecule has 2 unspecified atom stereocenters. The number of nitrogens with zero attached hydrogens (tertiary/aromatic N) is 1. The van der Waals surface area contributed by atoms with Crippen molar-refractivity contribution < 1.29 is 14.6 Å². The van der Waals surface area contributed by atoms with Gasteiger partial charge in [-0.3, -0.25) is 0 Å². The van der Waals surface area contributed by atoms with Crippen molar-refractivity contribution in [2.24, 2.45) is 5.92 Å². The molecule has 2 atom stereocenters. The van der Waals surface area contributed by atoms with Crippen LogP contribution in [-0.4, -0.2) is 48.4 Å². The molecule has 1 aliphatic carbocycles. The lowest BCUT2D eigenvalue weighted by atomic mass is 10.2. The quantitative estimate of drug-likeness (QED) is 0.809. The maximum Gasteiger partial charge on any atom is 0.317 e. The van der Waals surface area contributed by atoms with Gasteiger partial charge in [-0.25, -0.2) is 4.79 Å². The zero-order valence-electron chi connectivity index (χ0n) is 13.0. The van der Waals surface area contributed by atoms with Crippen LogP contribution in [0.5, 0.6) is 5.75 Å². The van der Waals surface area contributed by atoms with Gasteiger partial charge in [0.05, 0.1) is 12.6 Å². The first-order chi connectivity index (χ1) is 10.5. The van der Waals surface area contributed by atoms with Crippen molar-refractivity contribution in [2.45, 2.75) is 32.0 Å². The van der Waals surface area contributed by atoms with E-state index >= 15 is 0 Å². The van der Waals surface area contributed by atoms with Gasteiger partial charge in [-0.1, -0.05) is 17.7 Å². The summed E-state index contributed by atoms with van der Waals surface area (Å²) >= 11 is 5.90. The van der Waals surface area contributed by atoms with Crippen LogP contribution in [0.2, 0.25) is 5.02 Å². The first-order valence-electron chi connectivity index (χ1n) is 7.55. The van der Waals surface area contributed by atoms with Crippen LogP contribution < -0.4 is 10.1 Å². The van der Waals surface area contributed by atoms with Crippen molar-refractivity contribution in [2.75, 3.05) is 20.1 Å². The summed E-state index contributed by atoms with van der Waals surface area (Å²) in [6.45, 7) is 2.62. The van der Waals surface area contributed by atoms with Gasteiger partial charge in [0.2, 0.25) is 0 Å². The highest BCUT2D eigenvalue weighted by Crippen LogP contribution is 2.32. The van der Waals surface area contributed by atoms with Crippen LogP contribution in [0.25, 0.3) is 0 Å². The first-order valence-corrected chi connectivity index (χ1v) is 7.92. The molecule has 0 saturated heterocycles. The number of ether oxygens (including phenoxy) is 1. The van der Waals surface area contributed by atoms with Gasteiger partial charge in [0.1, 0.15) is 11.9 Å². The number of aliphatic hydroxyl groups is 1. The number of carbonyl (C=O) groups is 1. The second kappa shape index (κ2) is 7.70. The predicted molar refractivity (Wildman–Crippen MR) is 86.3 cm³/mol. The second-order valence-electron chi connectivity index (χ2n) is 5.86. The minimum atomic E-state index is -0.420. The van der Waals surface area contributed by atoms with E-state index in [4.69, 9.17) is 16.3 Å².